The summed E-state index contributed by atoms with van der Waals surface area (Å²) in [5, 5.41) is 3.50. The Bertz CT molecular complexity index is 412. The van der Waals surface area contributed by atoms with Crippen LogP contribution in [-0.2, 0) is 9.53 Å². The molecule has 116 valence electrons. The van der Waals surface area contributed by atoms with Gasteiger partial charge in [-0.3, -0.25) is 4.79 Å². The van der Waals surface area contributed by atoms with E-state index in [1.807, 2.05) is 37.3 Å². The summed E-state index contributed by atoms with van der Waals surface area (Å²) in [5.74, 6) is -0.241. The minimum absolute atomic E-state index is 0.103. The molecule has 1 unspecified atom stereocenters. The maximum atomic E-state index is 12.2. The maximum absolute atomic E-state index is 12.2. The molecule has 0 saturated heterocycles. The molecule has 1 aromatic rings. The predicted molar refractivity (Wildman–Crippen MR) is 85.3 cm³/mol. The molecular formula is C18H27NO2. The monoisotopic (exact) mass is 289 g/mol. The van der Waals surface area contributed by atoms with Crippen molar-refractivity contribution in [1.29, 1.82) is 0 Å². The molecule has 2 rings (SSSR count). The van der Waals surface area contributed by atoms with E-state index in [4.69, 9.17) is 4.74 Å². The van der Waals surface area contributed by atoms with Gasteiger partial charge in [-0.2, -0.15) is 0 Å². The Balaban J connectivity index is 1.70. The van der Waals surface area contributed by atoms with Gasteiger partial charge >= 0.3 is 5.97 Å². The van der Waals surface area contributed by atoms with Gasteiger partial charge in [-0.15, -0.1) is 0 Å². The Hall–Kier alpha value is -1.35. The van der Waals surface area contributed by atoms with Crippen LogP contribution in [0.4, 0.5) is 0 Å². The molecule has 0 aromatic heterocycles. The average molecular weight is 289 g/mol. The van der Waals surface area contributed by atoms with Crippen LogP contribution in [0.5, 0.6) is 0 Å². The van der Waals surface area contributed by atoms with E-state index in [-0.39, 0.29) is 11.9 Å². The van der Waals surface area contributed by atoms with Crippen molar-refractivity contribution < 1.29 is 9.53 Å². The number of nitrogens with one attached hydrogen (secondary N) is 1. The van der Waals surface area contributed by atoms with E-state index in [1.165, 1.54) is 32.1 Å². The van der Waals surface area contributed by atoms with Crippen molar-refractivity contribution in [2.75, 3.05) is 13.2 Å². The first-order chi connectivity index (χ1) is 10.3. The third-order valence-corrected chi connectivity index (χ3v) is 4.28. The third-order valence-electron chi connectivity index (χ3n) is 4.28. The summed E-state index contributed by atoms with van der Waals surface area (Å²) in [4.78, 5) is 12.2. The van der Waals surface area contributed by atoms with Gasteiger partial charge in [-0.05, 0) is 24.8 Å². The molecule has 1 N–H and O–H groups in total. The highest BCUT2D eigenvalue weighted by atomic mass is 16.5. The van der Waals surface area contributed by atoms with Crippen molar-refractivity contribution in [2.24, 2.45) is 0 Å². The van der Waals surface area contributed by atoms with E-state index in [2.05, 4.69) is 5.32 Å². The molecule has 0 amide bonds. The predicted octanol–water partition coefficient (Wildman–Crippen LogP) is 3.65. The van der Waals surface area contributed by atoms with Gasteiger partial charge in [0, 0.05) is 12.6 Å². The minimum atomic E-state index is -0.138. The van der Waals surface area contributed by atoms with Gasteiger partial charge in [-0.25, -0.2) is 0 Å². The summed E-state index contributed by atoms with van der Waals surface area (Å²) in [5.41, 5.74) is 1.05. The normalized spacial score (nSPS) is 17.4. The van der Waals surface area contributed by atoms with Crippen molar-refractivity contribution in [3.8, 4) is 0 Å². The Labute approximate surface area is 128 Å². The fourth-order valence-corrected chi connectivity index (χ4v) is 3.05. The van der Waals surface area contributed by atoms with Crippen LogP contribution < -0.4 is 5.32 Å². The van der Waals surface area contributed by atoms with Crippen molar-refractivity contribution in [2.45, 2.75) is 57.4 Å². The summed E-state index contributed by atoms with van der Waals surface area (Å²) >= 11 is 0. The molecule has 0 aliphatic heterocycles. The molecule has 21 heavy (non-hydrogen) atoms. The summed E-state index contributed by atoms with van der Waals surface area (Å²) in [6.45, 7) is 3.26. The van der Waals surface area contributed by atoms with E-state index >= 15 is 0 Å². The molecule has 1 aromatic carbocycles. The number of carbonyl (C=O) groups excluding carboxylic acids is 1. The standard InChI is InChI=1S/C18H27NO2/c1-2-17(15-9-5-3-6-10-15)18(20)21-14-13-19-16-11-7-4-8-12-16/h3,5-6,9-10,16-17,19H,2,4,7-8,11-14H2,1H3. The highest BCUT2D eigenvalue weighted by Gasteiger charge is 2.20. The van der Waals surface area contributed by atoms with Crippen molar-refractivity contribution >= 4 is 5.97 Å². The summed E-state index contributed by atoms with van der Waals surface area (Å²) in [7, 11) is 0. The van der Waals surface area contributed by atoms with Gasteiger partial charge in [0.25, 0.3) is 0 Å². The second-order valence-electron chi connectivity index (χ2n) is 5.83. The first-order valence-corrected chi connectivity index (χ1v) is 8.26. The molecular weight excluding hydrogens is 262 g/mol. The number of hydrogen-bond acceptors (Lipinski definition) is 3. The number of rotatable bonds is 7. The van der Waals surface area contributed by atoms with Crippen LogP contribution >= 0.6 is 0 Å². The average Bonchev–Trinajstić information content (AvgIpc) is 2.54. The zero-order valence-corrected chi connectivity index (χ0v) is 13.0. The van der Waals surface area contributed by atoms with Gasteiger partial charge in [0.15, 0.2) is 0 Å². The van der Waals surface area contributed by atoms with E-state index in [9.17, 15) is 4.79 Å². The first kappa shape index (κ1) is 16.0. The molecule has 0 heterocycles. The lowest BCUT2D eigenvalue weighted by molar-refractivity contribution is -0.145. The van der Waals surface area contributed by atoms with Crippen LogP contribution in [-0.4, -0.2) is 25.2 Å². The highest BCUT2D eigenvalue weighted by Crippen LogP contribution is 2.20. The van der Waals surface area contributed by atoms with E-state index < -0.39 is 0 Å². The number of esters is 1. The van der Waals surface area contributed by atoms with Gasteiger partial charge in [0.2, 0.25) is 0 Å². The van der Waals surface area contributed by atoms with Gasteiger partial charge in [0.05, 0.1) is 5.92 Å². The van der Waals surface area contributed by atoms with Gasteiger partial charge in [0.1, 0.15) is 6.61 Å². The highest BCUT2D eigenvalue weighted by molar-refractivity contribution is 5.78. The second-order valence-corrected chi connectivity index (χ2v) is 5.83. The number of hydrogen-bond donors (Lipinski definition) is 1. The summed E-state index contributed by atoms with van der Waals surface area (Å²) in [6, 6.07) is 10.5. The zero-order valence-electron chi connectivity index (χ0n) is 13.0. The molecule has 1 aliphatic carbocycles. The molecule has 0 spiro atoms. The molecule has 3 heteroatoms. The molecule has 0 radical (unpaired) electrons. The Morgan fingerprint density at radius 3 is 2.62 bits per heavy atom. The Morgan fingerprint density at radius 1 is 1.24 bits per heavy atom. The lowest BCUT2D eigenvalue weighted by Gasteiger charge is -2.23. The van der Waals surface area contributed by atoms with Crippen LogP contribution in [0.15, 0.2) is 30.3 Å². The topological polar surface area (TPSA) is 38.3 Å². The first-order valence-electron chi connectivity index (χ1n) is 8.26. The van der Waals surface area contributed by atoms with Crippen LogP contribution in [0.3, 0.4) is 0 Å². The van der Waals surface area contributed by atoms with Gasteiger partial charge in [-0.1, -0.05) is 56.5 Å². The van der Waals surface area contributed by atoms with Crippen molar-refractivity contribution in [3.05, 3.63) is 35.9 Å². The number of benzene rings is 1. The summed E-state index contributed by atoms with van der Waals surface area (Å²) in [6.07, 6.45) is 7.30. The fourth-order valence-electron chi connectivity index (χ4n) is 3.05. The molecule has 1 atom stereocenters. The van der Waals surface area contributed by atoms with Crippen LogP contribution in [0, 0.1) is 0 Å². The number of carbonyl (C=O) groups is 1. The van der Waals surface area contributed by atoms with E-state index in [0.29, 0.717) is 12.6 Å². The largest absolute Gasteiger partial charge is 0.464 e. The molecule has 0 bridgehead atoms. The van der Waals surface area contributed by atoms with Crippen LogP contribution in [0.2, 0.25) is 0 Å². The SMILES string of the molecule is CCC(C(=O)OCCNC1CCCCC1)c1ccccc1. The second kappa shape index (κ2) is 8.83. The van der Waals surface area contributed by atoms with Crippen molar-refractivity contribution in [3.63, 3.8) is 0 Å². The maximum Gasteiger partial charge on any atom is 0.313 e. The summed E-state index contributed by atoms with van der Waals surface area (Å²) < 4.78 is 5.44. The van der Waals surface area contributed by atoms with Crippen LogP contribution in [0.25, 0.3) is 0 Å². The molecule has 1 saturated carbocycles. The van der Waals surface area contributed by atoms with E-state index in [0.717, 1.165) is 18.5 Å². The fraction of sp³-hybridized carbons (Fsp3) is 0.611. The lowest BCUT2D eigenvalue weighted by Crippen LogP contribution is -2.34. The van der Waals surface area contributed by atoms with E-state index in [1.54, 1.807) is 0 Å². The number of ether oxygens (including phenoxy) is 1. The van der Waals surface area contributed by atoms with Gasteiger partial charge < -0.3 is 10.1 Å². The Kier molecular flexibility index (Phi) is 6.74. The Morgan fingerprint density at radius 2 is 1.95 bits per heavy atom. The lowest BCUT2D eigenvalue weighted by atomic mass is 9.95. The smallest absolute Gasteiger partial charge is 0.313 e. The zero-order chi connectivity index (χ0) is 14.9. The molecule has 1 aliphatic rings. The van der Waals surface area contributed by atoms with Crippen LogP contribution in [0.1, 0.15) is 56.9 Å². The minimum Gasteiger partial charge on any atom is -0.464 e. The molecule has 3 nitrogen and oxygen atoms in total. The quantitative estimate of drug-likeness (QED) is 0.615. The molecule has 1 fully saturated rings. The third kappa shape index (κ3) is 5.16. The van der Waals surface area contributed by atoms with Crippen molar-refractivity contribution in [1.82, 2.24) is 5.32 Å².